The molecule has 20 heavy (non-hydrogen) atoms. The van der Waals surface area contributed by atoms with Crippen molar-refractivity contribution < 1.29 is 14.3 Å². The lowest BCUT2D eigenvalue weighted by Crippen LogP contribution is -2.05. The van der Waals surface area contributed by atoms with Gasteiger partial charge in [0.25, 0.3) is 0 Å². The maximum atomic E-state index is 13.2. The zero-order chi connectivity index (χ0) is 14.9. The van der Waals surface area contributed by atoms with Crippen LogP contribution in [0.2, 0.25) is 15.1 Å². The van der Waals surface area contributed by atoms with Crippen LogP contribution in [0.25, 0.3) is 11.1 Å². The fourth-order valence-corrected chi connectivity index (χ4v) is 2.32. The Hall–Kier alpha value is -1.36. The molecule has 0 atom stereocenters. The quantitative estimate of drug-likeness (QED) is 0.665. The second kappa shape index (κ2) is 5.95. The Morgan fingerprint density at radius 3 is 2.35 bits per heavy atom. The van der Waals surface area contributed by atoms with Gasteiger partial charge in [-0.25, -0.2) is 4.98 Å². The minimum absolute atomic E-state index is 0.0898. The molecule has 0 saturated carbocycles. The zero-order valence-corrected chi connectivity index (χ0v) is 12.1. The third-order valence-electron chi connectivity index (χ3n) is 2.55. The van der Waals surface area contributed by atoms with Crippen molar-refractivity contribution in [3.05, 3.63) is 51.0 Å². The molecule has 3 nitrogen and oxygen atoms in total. The number of nitrogens with zero attached hydrogens (tertiary/aromatic N) is 1. The summed E-state index contributed by atoms with van der Waals surface area (Å²) in [4.78, 5) is 14.4. The fourth-order valence-electron chi connectivity index (χ4n) is 1.73. The van der Waals surface area contributed by atoms with E-state index in [0.29, 0.717) is 11.1 Å². The van der Waals surface area contributed by atoms with E-state index in [1.165, 1.54) is 18.2 Å². The molecule has 1 N–H and O–H groups in total. The number of carboxylic acid groups (broad SMARTS) is 1. The number of halogens is 4. The molecule has 104 valence electrons. The summed E-state index contributed by atoms with van der Waals surface area (Å²) in [5, 5.41) is 9.49. The highest BCUT2D eigenvalue weighted by Crippen LogP contribution is 2.36. The van der Waals surface area contributed by atoms with Crippen LogP contribution < -0.4 is 0 Å². The number of hydrogen-bond donors (Lipinski definition) is 1. The lowest BCUT2D eigenvalue weighted by molar-refractivity contribution is -0.136. The van der Waals surface area contributed by atoms with Gasteiger partial charge < -0.3 is 5.11 Å². The van der Waals surface area contributed by atoms with Crippen molar-refractivity contribution >= 4 is 40.8 Å². The summed E-state index contributed by atoms with van der Waals surface area (Å²) in [5.41, 5.74) is 1.05. The van der Waals surface area contributed by atoms with E-state index in [9.17, 15) is 9.18 Å². The van der Waals surface area contributed by atoms with Crippen LogP contribution in [0.1, 0.15) is 5.69 Å². The van der Waals surface area contributed by atoms with E-state index in [1.54, 1.807) is 0 Å². The molecule has 1 heterocycles. The van der Waals surface area contributed by atoms with Crippen LogP contribution >= 0.6 is 34.8 Å². The number of pyridine rings is 1. The predicted molar refractivity (Wildman–Crippen MR) is 76.0 cm³/mol. The second-order valence-corrected chi connectivity index (χ2v) is 5.14. The molecular formula is C13H7Cl3FNO2. The molecule has 1 aromatic heterocycles. The molecule has 0 aliphatic rings. The molecule has 2 aromatic rings. The number of benzene rings is 1. The molecule has 0 saturated heterocycles. The first-order chi connectivity index (χ1) is 9.38. The van der Waals surface area contributed by atoms with Gasteiger partial charge in [-0.3, -0.25) is 4.79 Å². The van der Waals surface area contributed by atoms with Gasteiger partial charge in [0, 0.05) is 5.56 Å². The molecule has 0 aliphatic heterocycles. The van der Waals surface area contributed by atoms with Crippen molar-refractivity contribution in [1.29, 1.82) is 0 Å². The predicted octanol–water partition coefficient (Wildman–Crippen LogP) is 4.48. The summed E-state index contributed by atoms with van der Waals surface area (Å²) in [6.45, 7) is 0. The Morgan fingerprint density at radius 2 is 1.80 bits per heavy atom. The van der Waals surface area contributed by atoms with Gasteiger partial charge in [0.1, 0.15) is 0 Å². The molecule has 0 unspecified atom stereocenters. The normalized spacial score (nSPS) is 10.6. The number of aliphatic carboxylic acids is 1. The van der Waals surface area contributed by atoms with E-state index in [4.69, 9.17) is 39.9 Å². The Morgan fingerprint density at radius 1 is 1.20 bits per heavy atom. The average Bonchev–Trinajstić information content (AvgIpc) is 2.35. The lowest BCUT2D eigenvalue weighted by Gasteiger charge is -2.09. The van der Waals surface area contributed by atoms with Gasteiger partial charge in [-0.05, 0) is 29.8 Å². The van der Waals surface area contributed by atoms with Gasteiger partial charge in [-0.2, -0.15) is 4.39 Å². The maximum absolute atomic E-state index is 13.2. The van der Waals surface area contributed by atoms with E-state index < -0.39 is 18.3 Å². The van der Waals surface area contributed by atoms with Crippen molar-refractivity contribution in [2.24, 2.45) is 0 Å². The molecule has 1 aromatic carbocycles. The molecule has 7 heteroatoms. The highest BCUT2D eigenvalue weighted by molar-refractivity contribution is 6.48. The van der Waals surface area contributed by atoms with Crippen LogP contribution in [0.15, 0.2) is 24.3 Å². The SMILES string of the molecule is O=C(O)Cc1nc(F)ccc1-c1cc(Cl)c(Cl)c(Cl)c1. The first kappa shape index (κ1) is 15.0. The standard InChI is InChI=1S/C13H7Cl3FNO2/c14-8-3-6(4-9(15)13(8)16)7-1-2-11(17)18-10(7)5-12(19)20/h1-4H,5H2,(H,19,20). The molecule has 0 radical (unpaired) electrons. The highest BCUT2D eigenvalue weighted by atomic mass is 35.5. The Balaban J connectivity index is 2.60. The van der Waals surface area contributed by atoms with Crippen LogP contribution in [-0.4, -0.2) is 16.1 Å². The van der Waals surface area contributed by atoms with Gasteiger partial charge in [-0.1, -0.05) is 34.8 Å². The Labute approximate surface area is 128 Å². The monoisotopic (exact) mass is 333 g/mol. The Kier molecular flexibility index (Phi) is 4.48. The van der Waals surface area contributed by atoms with E-state index in [0.717, 1.165) is 6.07 Å². The van der Waals surface area contributed by atoms with Crippen molar-refractivity contribution in [2.75, 3.05) is 0 Å². The zero-order valence-electron chi connectivity index (χ0n) is 9.83. The number of rotatable bonds is 3. The summed E-state index contributed by atoms with van der Waals surface area (Å²) >= 11 is 17.7. The summed E-state index contributed by atoms with van der Waals surface area (Å²) in [5.74, 6) is -1.87. The Bertz CT molecular complexity index is 668. The molecule has 0 aliphatic carbocycles. The topological polar surface area (TPSA) is 50.2 Å². The smallest absolute Gasteiger partial charge is 0.309 e. The van der Waals surface area contributed by atoms with Gasteiger partial charge in [-0.15, -0.1) is 0 Å². The summed E-state index contributed by atoms with van der Waals surface area (Å²) in [6.07, 6.45) is -0.412. The van der Waals surface area contributed by atoms with Crippen LogP contribution in [-0.2, 0) is 11.2 Å². The first-order valence-corrected chi connectivity index (χ1v) is 6.54. The van der Waals surface area contributed by atoms with Crippen LogP contribution in [0.5, 0.6) is 0 Å². The number of aromatic nitrogens is 1. The number of hydrogen-bond acceptors (Lipinski definition) is 2. The second-order valence-electron chi connectivity index (χ2n) is 3.95. The molecule has 0 amide bonds. The summed E-state index contributed by atoms with van der Waals surface area (Å²) in [6, 6.07) is 5.61. The highest BCUT2D eigenvalue weighted by Gasteiger charge is 2.14. The summed E-state index contributed by atoms with van der Waals surface area (Å²) in [7, 11) is 0. The number of carboxylic acids is 1. The lowest BCUT2D eigenvalue weighted by atomic mass is 10.0. The molecule has 2 rings (SSSR count). The van der Waals surface area contributed by atoms with E-state index in [-0.39, 0.29) is 20.8 Å². The van der Waals surface area contributed by atoms with E-state index in [2.05, 4.69) is 4.98 Å². The van der Waals surface area contributed by atoms with Gasteiger partial charge in [0.15, 0.2) is 0 Å². The minimum Gasteiger partial charge on any atom is -0.481 e. The van der Waals surface area contributed by atoms with Gasteiger partial charge in [0.05, 0.1) is 27.2 Å². The fraction of sp³-hybridized carbons (Fsp3) is 0.0769. The third kappa shape index (κ3) is 3.20. The van der Waals surface area contributed by atoms with E-state index in [1.807, 2.05) is 0 Å². The number of carbonyl (C=O) groups is 1. The van der Waals surface area contributed by atoms with Crippen molar-refractivity contribution in [3.8, 4) is 11.1 Å². The first-order valence-electron chi connectivity index (χ1n) is 5.40. The van der Waals surface area contributed by atoms with Crippen LogP contribution in [0, 0.1) is 5.95 Å². The van der Waals surface area contributed by atoms with E-state index >= 15 is 0 Å². The van der Waals surface area contributed by atoms with Gasteiger partial charge in [0.2, 0.25) is 5.95 Å². The largest absolute Gasteiger partial charge is 0.481 e. The molecule has 0 bridgehead atoms. The molecule has 0 fully saturated rings. The molecular weight excluding hydrogens is 328 g/mol. The van der Waals surface area contributed by atoms with Crippen LogP contribution in [0.3, 0.4) is 0 Å². The van der Waals surface area contributed by atoms with Gasteiger partial charge >= 0.3 is 5.97 Å². The van der Waals surface area contributed by atoms with Crippen LogP contribution in [0.4, 0.5) is 4.39 Å². The third-order valence-corrected chi connectivity index (χ3v) is 3.75. The van der Waals surface area contributed by atoms with Crippen molar-refractivity contribution in [3.63, 3.8) is 0 Å². The molecule has 0 spiro atoms. The summed E-state index contributed by atoms with van der Waals surface area (Å²) < 4.78 is 13.2. The minimum atomic E-state index is -1.12. The van der Waals surface area contributed by atoms with Crippen molar-refractivity contribution in [1.82, 2.24) is 4.98 Å². The average molecular weight is 335 g/mol. The maximum Gasteiger partial charge on any atom is 0.309 e. The van der Waals surface area contributed by atoms with Crippen molar-refractivity contribution in [2.45, 2.75) is 6.42 Å².